The second-order valence-electron chi connectivity index (χ2n) is 6.97. The molecule has 2 aliphatic rings. The van der Waals surface area contributed by atoms with Gasteiger partial charge in [-0.2, -0.15) is 4.79 Å². The number of benzene rings is 1. The number of rotatable bonds is 5. The number of urea groups is 1. The van der Waals surface area contributed by atoms with Gasteiger partial charge in [-0.15, -0.1) is 0 Å². The summed E-state index contributed by atoms with van der Waals surface area (Å²) in [7, 11) is 0. The van der Waals surface area contributed by atoms with Crippen molar-refractivity contribution in [2.75, 3.05) is 13.1 Å². The van der Waals surface area contributed by atoms with E-state index in [0.29, 0.717) is 43.9 Å². The largest absolute Gasteiger partial charge is 0.361 e. The predicted molar refractivity (Wildman–Crippen MR) is 103 cm³/mol. The van der Waals surface area contributed by atoms with E-state index in [0.717, 1.165) is 18.2 Å². The second kappa shape index (κ2) is 8.99. The highest BCUT2D eigenvalue weighted by Gasteiger charge is 2.42. The van der Waals surface area contributed by atoms with Crippen molar-refractivity contribution >= 4 is 35.5 Å². The Labute approximate surface area is 168 Å². The predicted octanol–water partition coefficient (Wildman–Crippen LogP) is 1.87. The van der Waals surface area contributed by atoms with Crippen LogP contribution in [0.1, 0.15) is 31.2 Å². The fourth-order valence-corrected chi connectivity index (χ4v) is 3.93. The minimum Gasteiger partial charge on any atom is -0.361 e. The van der Waals surface area contributed by atoms with Crippen molar-refractivity contribution in [3.63, 3.8) is 0 Å². The number of ketones is 1. The van der Waals surface area contributed by atoms with Gasteiger partial charge in [0.25, 0.3) is 5.78 Å². The average Bonchev–Trinajstić information content (AvgIpc) is 3.36. The first kappa shape index (κ1) is 20.0. The lowest BCUT2D eigenvalue weighted by Crippen LogP contribution is -2.53. The molecule has 0 spiro atoms. The summed E-state index contributed by atoms with van der Waals surface area (Å²) in [6.07, 6.45) is 3.37. The van der Waals surface area contributed by atoms with Gasteiger partial charge in [-0.05, 0) is 43.4 Å². The van der Waals surface area contributed by atoms with E-state index < -0.39 is 17.9 Å². The van der Waals surface area contributed by atoms with Crippen LogP contribution < -0.4 is 5.32 Å². The first-order chi connectivity index (χ1) is 13.5. The minimum atomic E-state index is -0.622. The first-order valence-electron chi connectivity index (χ1n) is 9.32. The normalized spacial score (nSPS) is 21.3. The molecule has 1 aromatic carbocycles. The number of Topliss-reactive ketones (excluding diaryl/α,β-unsaturated/α-hetero) is 1. The van der Waals surface area contributed by atoms with Crippen molar-refractivity contribution < 1.29 is 19.2 Å². The summed E-state index contributed by atoms with van der Waals surface area (Å²) in [5, 5.41) is 3.47. The first-order valence-corrected chi connectivity index (χ1v) is 9.69. The lowest BCUT2D eigenvalue weighted by Gasteiger charge is -2.30. The molecule has 148 valence electrons. The summed E-state index contributed by atoms with van der Waals surface area (Å²) in [6.45, 7) is 1.30. The average molecular weight is 404 g/mol. The summed E-state index contributed by atoms with van der Waals surface area (Å²) in [6, 6.07) is 5.67. The van der Waals surface area contributed by atoms with E-state index in [2.05, 4.69) is 10.1 Å². The van der Waals surface area contributed by atoms with Crippen LogP contribution in [0.2, 0.25) is 5.02 Å². The van der Waals surface area contributed by atoms with Gasteiger partial charge in [0.15, 0.2) is 0 Å². The summed E-state index contributed by atoms with van der Waals surface area (Å²) in [5.74, 6) is -0.619. The van der Waals surface area contributed by atoms with Crippen LogP contribution in [-0.2, 0) is 16.1 Å². The molecule has 9 heteroatoms. The molecule has 3 rings (SSSR count). The van der Waals surface area contributed by atoms with Gasteiger partial charge >= 0.3 is 12.2 Å². The Kier molecular flexibility index (Phi) is 6.44. The van der Waals surface area contributed by atoms with Crippen LogP contribution in [0.15, 0.2) is 24.3 Å². The zero-order chi connectivity index (χ0) is 20.1. The van der Waals surface area contributed by atoms with Crippen LogP contribution in [0.5, 0.6) is 0 Å². The Morgan fingerprint density at radius 2 is 1.75 bits per heavy atom. The maximum absolute atomic E-state index is 13.0. The third kappa shape index (κ3) is 4.40. The second-order valence-corrected chi connectivity index (χ2v) is 7.41. The zero-order valence-corrected chi connectivity index (χ0v) is 16.1. The van der Waals surface area contributed by atoms with E-state index >= 15 is 0 Å². The highest BCUT2D eigenvalue weighted by Crippen LogP contribution is 2.25. The van der Waals surface area contributed by atoms with Crippen LogP contribution >= 0.6 is 11.6 Å². The van der Waals surface area contributed by atoms with E-state index in [4.69, 9.17) is 17.1 Å². The van der Waals surface area contributed by atoms with Gasteiger partial charge in [-0.3, -0.25) is 9.59 Å². The molecule has 2 fully saturated rings. The number of hydrogen-bond acceptors (Lipinski definition) is 3. The maximum Gasteiger partial charge on any atom is 0.325 e. The van der Waals surface area contributed by atoms with Crippen molar-refractivity contribution in [2.24, 2.45) is 0 Å². The Balaban J connectivity index is 1.63. The molecule has 2 atom stereocenters. The third-order valence-corrected chi connectivity index (χ3v) is 5.46. The van der Waals surface area contributed by atoms with Gasteiger partial charge in [0.2, 0.25) is 5.91 Å². The van der Waals surface area contributed by atoms with Gasteiger partial charge in [-0.25, -0.2) is 4.79 Å². The standard InChI is InChI=1S/C19H22ClN5O3/c20-14-7-5-13(6-8-14)11-22-19(28)25-10-2-4-16(25)18(27)24-9-1-3-15(24)17(26)12-23-21/h5-8,12,15-16H,1-4,9-11H2,(H,22,28). The molecule has 3 amide bonds. The lowest BCUT2D eigenvalue weighted by molar-refractivity contribution is -0.139. The number of amides is 3. The summed E-state index contributed by atoms with van der Waals surface area (Å²) in [5.41, 5.74) is 9.50. The van der Waals surface area contributed by atoms with Crippen molar-refractivity contribution in [3.05, 3.63) is 40.4 Å². The van der Waals surface area contributed by atoms with Gasteiger partial charge in [0.05, 0.1) is 0 Å². The smallest absolute Gasteiger partial charge is 0.325 e. The lowest BCUT2D eigenvalue weighted by atomic mass is 10.1. The zero-order valence-electron chi connectivity index (χ0n) is 15.4. The molecule has 2 heterocycles. The number of carbonyl (C=O) groups excluding carboxylic acids is 3. The SMILES string of the molecule is [N-]=[N+]=CC(=O)C1CCCN1C(=O)C1CCCN1C(=O)NCc1ccc(Cl)cc1. The highest BCUT2D eigenvalue weighted by atomic mass is 35.5. The summed E-state index contributed by atoms with van der Waals surface area (Å²) in [4.78, 5) is 43.6. The molecule has 0 radical (unpaired) electrons. The fourth-order valence-electron chi connectivity index (χ4n) is 3.81. The number of nitrogens with one attached hydrogen (secondary N) is 1. The number of carbonyl (C=O) groups is 3. The highest BCUT2D eigenvalue weighted by molar-refractivity contribution is 6.30. The van der Waals surface area contributed by atoms with E-state index in [9.17, 15) is 14.4 Å². The minimum absolute atomic E-state index is 0.221. The van der Waals surface area contributed by atoms with E-state index in [1.165, 1.54) is 9.80 Å². The summed E-state index contributed by atoms with van der Waals surface area (Å²) < 4.78 is 0. The molecular weight excluding hydrogens is 382 g/mol. The molecule has 1 aromatic rings. The quantitative estimate of drug-likeness (QED) is 0.460. The molecule has 1 N–H and O–H groups in total. The van der Waals surface area contributed by atoms with Crippen LogP contribution in [0, 0.1) is 0 Å². The molecule has 0 aromatic heterocycles. The van der Waals surface area contributed by atoms with Gasteiger partial charge in [0.1, 0.15) is 12.1 Å². The molecule has 2 aliphatic heterocycles. The van der Waals surface area contributed by atoms with Crippen LogP contribution in [0.4, 0.5) is 4.79 Å². The number of hydrogen-bond donors (Lipinski definition) is 1. The van der Waals surface area contributed by atoms with Gasteiger partial charge in [-0.1, -0.05) is 23.7 Å². The van der Waals surface area contributed by atoms with Gasteiger partial charge < -0.3 is 20.6 Å². The third-order valence-electron chi connectivity index (χ3n) is 5.20. The maximum atomic E-state index is 13.0. The molecule has 2 saturated heterocycles. The number of likely N-dealkylation sites (tertiary alicyclic amines) is 2. The molecular formula is C19H22ClN5O3. The Hall–Kier alpha value is -2.70. The molecule has 8 nitrogen and oxygen atoms in total. The topological polar surface area (TPSA) is 106 Å². The Bertz CT molecular complexity index is 806. The van der Waals surface area contributed by atoms with E-state index in [-0.39, 0.29) is 11.9 Å². The number of nitrogens with zero attached hydrogens (tertiary/aromatic N) is 4. The van der Waals surface area contributed by atoms with E-state index in [1.807, 2.05) is 12.1 Å². The van der Waals surface area contributed by atoms with Crippen molar-refractivity contribution in [3.8, 4) is 0 Å². The van der Waals surface area contributed by atoms with E-state index in [1.54, 1.807) is 12.1 Å². The monoisotopic (exact) mass is 403 g/mol. The number of halogens is 1. The molecule has 0 bridgehead atoms. The Morgan fingerprint density at radius 1 is 1.11 bits per heavy atom. The van der Waals surface area contributed by atoms with Gasteiger partial charge in [0, 0.05) is 24.7 Å². The molecule has 2 unspecified atom stereocenters. The molecule has 0 aliphatic carbocycles. The molecule has 0 saturated carbocycles. The molecule has 28 heavy (non-hydrogen) atoms. The van der Waals surface area contributed by atoms with Crippen molar-refractivity contribution in [1.82, 2.24) is 15.1 Å². The van der Waals surface area contributed by atoms with Crippen LogP contribution in [0.3, 0.4) is 0 Å². The fraction of sp³-hybridized carbons (Fsp3) is 0.474. The van der Waals surface area contributed by atoms with Crippen molar-refractivity contribution in [2.45, 2.75) is 44.3 Å². The van der Waals surface area contributed by atoms with Crippen molar-refractivity contribution in [1.29, 1.82) is 0 Å². The van der Waals surface area contributed by atoms with Crippen LogP contribution in [-0.4, -0.2) is 63.7 Å². The summed E-state index contributed by atoms with van der Waals surface area (Å²) >= 11 is 5.86. The van der Waals surface area contributed by atoms with Crippen LogP contribution in [0.25, 0.3) is 5.53 Å². The Morgan fingerprint density at radius 3 is 2.43 bits per heavy atom.